The molecule has 1 aromatic carbocycles. The van der Waals surface area contributed by atoms with Crippen molar-refractivity contribution in [2.24, 2.45) is 5.92 Å². The molecule has 1 rings (SSSR count). The van der Waals surface area contributed by atoms with E-state index < -0.39 is 0 Å². The first-order chi connectivity index (χ1) is 10.3. The third kappa shape index (κ3) is 9.25. The summed E-state index contributed by atoms with van der Waals surface area (Å²) in [5.41, 5.74) is 1.38. The van der Waals surface area contributed by atoms with Gasteiger partial charge in [0.05, 0.1) is 13.2 Å². The highest BCUT2D eigenvalue weighted by molar-refractivity contribution is 9.10. The van der Waals surface area contributed by atoms with E-state index in [-0.39, 0.29) is 0 Å². The first-order valence-electron chi connectivity index (χ1n) is 7.78. The molecule has 0 aliphatic carbocycles. The van der Waals surface area contributed by atoms with Gasteiger partial charge in [-0.25, -0.2) is 0 Å². The Morgan fingerprint density at radius 3 is 2.81 bits per heavy atom. The maximum absolute atomic E-state index is 5.61. The third-order valence-corrected chi connectivity index (χ3v) is 3.87. The van der Waals surface area contributed by atoms with Gasteiger partial charge in [0.25, 0.3) is 0 Å². The van der Waals surface area contributed by atoms with Gasteiger partial charge in [-0.1, -0.05) is 35.0 Å². The Morgan fingerprint density at radius 1 is 1.24 bits per heavy atom. The van der Waals surface area contributed by atoms with Crippen LogP contribution in [0.3, 0.4) is 0 Å². The lowest BCUT2D eigenvalue weighted by Crippen LogP contribution is -2.26. The van der Waals surface area contributed by atoms with E-state index in [2.05, 4.69) is 52.4 Å². The van der Waals surface area contributed by atoms with Crippen LogP contribution < -0.4 is 5.32 Å². The molecule has 1 unspecified atom stereocenters. The largest absolute Gasteiger partial charge is 0.382 e. The van der Waals surface area contributed by atoms with Crippen molar-refractivity contribution in [1.82, 2.24) is 5.32 Å². The quantitative estimate of drug-likeness (QED) is 0.579. The molecule has 3 nitrogen and oxygen atoms in total. The van der Waals surface area contributed by atoms with E-state index in [4.69, 9.17) is 9.47 Å². The molecule has 0 aromatic heterocycles. The zero-order chi connectivity index (χ0) is 15.3. The standard InChI is InChI=1S/C17H28BrNO2/c1-3-8-19-14-16(7-9-21-11-10-20-2)12-15-5-4-6-17(18)13-15/h4-6,13,16,19H,3,7-12,14H2,1-2H3. The van der Waals surface area contributed by atoms with Gasteiger partial charge in [0.1, 0.15) is 0 Å². The van der Waals surface area contributed by atoms with Gasteiger partial charge in [0, 0.05) is 18.2 Å². The SMILES string of the molecule is CCCNCC(CCOCCOC)Cc1cccc(Br)c1. The van der Waals surface area contributed by atoms with Crippen LogP contribution in [-0.4, -0.2) is 40.0 Å². The lowest BCUT2D eigenvalue weighted by molar-refractivity contribution is 0.0636. The molecule has 0 aliphatic rings. The van der Waals surface area contributed by atoms with E-state index >= 15 is 0 Å². The first-order valence-corrected chi connectivity index (χ1v) is 8.57. The minimum Gasteiger partial charge on any atom is -0.382 e. The average molecular weight is 358 g/mol. The number of halogens is 1. The average Bonchev–Trinajstić information content (AvgIpc) is 2.47. The highest BCUT2D eigenvalue weighted by Crippen LogP contribution is 2.17. The number of hydrogen-bond acceptors (Lipinski definition) is 3. The summed E-state index contributed by atoms with van der Waals surface area (Å²) in [6.07, 6.45) is 3.34. The molecular weight excluding hydrogens is 330 g/mol. The number of ether oxygens (including phenoxy) is 2. The van der Waals surface area contributed by atoms with E-state index in [1.165, 1.54) is 12.0 Å². The molecule has 0 radical (unpaired) electrons. The van der Waals surface area contributed by atoms with E-state index in [1.807, 2.05) is 0 Å². The van der Waals surface area contributed by atoms with Crippen molar-refractivity contribution in [3.8, 4) is 0 Å². The second-order valence-corrected chi connectivity index (χ2v) is 6.21. The fraction of sp³-hybridized carbons (Fsp3) is 0.647. The molecule has 1 N–H and O–H groups in total. The Bertz CT molecular complexity index is 374. The Balaban J connectivity index is 2.39. The maximum atomic E-state index is 5.61. The fourth-order valence-electron chi connectivity index (χ4n) is 2.25. The summed E-state index contributed by atoms with van der Waals surface area (Å²) in [7, 11) is 1.70. The normalized spacial score (nSPS) is 12.5. The van der Waals surface area contributed by atoms with Crippen LogP contribution in [-0.2, 0) is 15.9 Å². The van der Waals surface area contributed by atoms with Crippen molar-refractivity contribution in [3.63, 3.8) is 0 Å². The summed E-state index contributed by atoms with van der Waals surface area (Å²) in [6, 6.07) is 8.58. The van der Waals surface area contributed by atoms with Gasteiger partial charge in [-0.05, 0) is 56.0 Å². The number of methoxy groups -OCH3 is 1. The number of rotatable bonds is 12. The van der Waals surface area contributed by atoms with Crippen molar-refractivity contribution in [3.05, 3.63) is 34.3 Å². The maximum Gasteiger partial charge on any atom is 0.0700 e. The molecule has 0 bridgehead atoms. The highest BCUT2D eigenvalue weighted by atomic mass is 79.9. The first kappa shape index (κ1) is 18.6. The molecule has 1 atom stereocenters. The molecular formula is C17H28BrNO2. The van der Waals surface area contributed by atoms with Gasteiger partial charge < -0.3 is 14.8 Å². The van der Waals surface area contributed by atoms with E-state index in [9.17, 15) is 0 Å². The summed E-state index contributed by atoms with van der Waals surface area (Å²) in [5.74, 6) is 0.605. The summed E-state index contributed by atoms with van der Waals surface area (Å²) >= 11 is 3.54. The molecule has 1 aromatic rings. The van der Waals surface area contributed by atoms with Crippen LogP contribution in [0.4, 0.5) is 0 Å². The van der Waals surface area contributed by atoms with Gasteiger partial charge in [-0.15, -0.1) is 0 Å². The third-order valence-electron chi connectivity index (χ3n) is 3.38. The summed E-state index contributed by atoms with van der Waals surface area (Å²) in [5, 5.41) is 3.53. The zero-order valence-electron chi connectivity index (χ0n) is 13.2. The van der Waals surface area contributed by atoms with Crippen LogP contribution in [0, 0.1) is 5.92 Å². The van der Waals surface area contributed by atoms with Gasteiger partial charge in [0.2, 0.25) is 0 Å². The van der Waals surface area contributed by atoms with E-state index in [0.29, 0.717) is 19.1 Å². The minimum absolute atomic E-state index is 0.605. The van der Waals surface area contributed by atoms with Crippen molar-refractivity contribution in [1.29, 1.82) is 0 Å². The van der Waals surface area contributed by atoms with Crippen LogP contribution >= 0.6 is 15.9 Å². The van der Waals surface area contributed by atoms with Crippen LogP contribution in [0.15, 0.2) is 28.7 Å². The number of benzene rings is 1. The lowest BCUT2D eigenvalue weighted by atomic mass is 9.96. The molecule has 0 amide bonds. The van der Waals surface area contributed by atoms with Crippen molar-refractivity contribution in [2.45, 2.75) is 26.2 Å². The monoisotopic (exact) mass is 357 g/mol. The van der Waals surface area contributed by atoms with Gasteiger partial charge in [-0.3, -0.25) is 0 Å². The Kier molecular flexibility index (Phi) is 10.8. The van der Waals surface area contributed by atoms with E-state index in [0.717, 1.165) is 37.0 Å². The molecule has 0 spiro atoms. The van der Waals surface area contributed by atoms with Crippen molar-refractivity contribution in [2.75, 3.05) is 40.0 Å². The second-order valence-electron chi connectivity index (χ2n) is 5.30. The molecule has 4 heteroatoms. The molecule has 0 fully saturated rings. The van der Waals surface area contributed by atoms with E-state index in [1.54, 1.807) is 7.11 Å². The molecule has 0 saturated heterocycles. The number of hydrogen-bond donors (Lipinski definition) is 1. The summed E-state index contributed by atoms with van der Waals surface area (Å²) in [6.45, 7) is 6.49. The van der Waals surface area contributed by atoms with Crippen LogP contribution in [0.2, 0.25) is 0 Å². The van der Waals surface area contributed by atoms with Crippen molar-refractivity contribution < 1.29 is 9.47 Å². The van der Waals surface area contributed by atoms with Gasteiger partial charge in [-0.2, -0.15) is 0 Å². The predicted octanol–water partition coefficient (Wildman–Crippen LogP) is 3.66. The smallest absolute Gasteiger partial charge is 0.0700 e. The summed E-state index contributed by atoms with van der Waals surface area (Å²) < 4.78 is 11.8. The summed E-state index contributed by atoms with van der Waals surface area (Å²) in [4.78, 5) is 0. The molecule has 0 aliphatic heterocycles. The van der Waals surface area contributed by atoms with Gasteiger partial charge >= 0.3 is 0 Å². The van der Waals surface area contributed by atoms with Gasteiger partial charge in [0.15, 0.2) is 0 Å². The minimum atomic E-state index is 0.605. The molecule has 21 heavy (non-hydrogen) atoms. The van der Waals surface area contributed by atoms with Crippen LogP contribution in [0.25, 0.3) is 0 Å². The second kappa shape index (κ2) is 12.2. The van der Waals surface area contributed by atoms with Crippen LogP contribution in [0.5, 0.6) is 0 Å². The Labute approximate surface area is 137 Å². The van der Waals surface area contributed by atoms with Crippen LogP contribution in [0.1, 0.15) is 25.3 Å². The predicted molar refractivity (Wildman–Crippen MR) is 91.8 cm³/mol. The fourth-order valence-corrected chi connectivity index (χ4v) is 2.70. The Hall–Kier alpha value is -0.420. The highest BCUT2D eigenvalue weighted by Gasteiger charge is 2.10. The lowest BCUT2D eigenvalue weighted by Gasteiger charge is -2.18. The molecule has 120 valence electrons. The molecule has 0 heterocycles. The topological polar surface area (TPSA) is 30.5 Å². The van der Waals surface area contributed by atoms with Crippen molar-refractivity contribution >= 4 is 15.9 Å². The Morgan fingerprint density at radius 2 is 2.10 bits per heavy atom. The zero-order valence-corrected chi connectivity index (χ0v) is 14.8. The molecule has 0 saturated carbocycles. The number of nitrogens with one attached hydrogen (secondary N) is 1.